The van der Waals surface area contributed by atoms with Crippen LogP contribution in [0, 0.1) is 5.82 Å². The van der Waals surface area contributed by atoms with Gasteiger partial charge in [0.1, 0.15) is 11.9 Å². The molecule has 2 atom stereocenters. The highest BCUT2D eigenvalue weighted by Crippen LogP contribution is 2.45. The Labute approximate surface area is 122 Å². The highest BCUT2D eigenvalue weighted by molar-refractivity contribution is 14.1. The van der Waals surface area contributed by atoms with Crippen LogP contribution in [0.5, 0.6) is 0 Å². The van der Waals surface area contributed by atoms with E-state index in [0.717, 1.165) is 0 Å². The minimum absolute atomic E-state index is 0.0456. The number of sulfone groups is 1. The molecule has 0 amide bonds. The zero-order chi connectivity index (χ0) is 13.3. The first-order chi connectivity index (χ1) is 7.74. The molecule has 0 radical (unpaired) electrons. The summed E-state index contributed by atoms with van der Waals surface area (Å²) in [4.78, 5) is 0. The van der Waals surface area contributed by atoms with Crippen molar-refractivity contribution in [1.82, 2.24) is 0 Å². The first kappa shape index (κ1) is 15.3. The van der Waals surface area contributed by atoms with Gasteiger partial charge in [0.2, 0.25) is 1.66 Å². The van der Waals surface area contributed by atoms with Gasteiger partial charge in [-0.25, -0.2) is 12.8 Å². The zero-order valence-corrected chi connectivity index (χ0v) is 13.5. The van der Waals surface area contributed by atoms with Gasteiger partial charge in [0, 0.05) is 11.3 Å². The van der Waals surface area contributed by atoms with Gasteiger partial charge in [-0.05, 0) is 28.7 Å². The number of alkyl halides is 2. The van der Waals surface area contributed by atoms with Crippen molar-refractivity contribution in [3.8, 4) is 0 Å². The summed E-state index contributed by atoms with van der Waals surface area (Å²) < 4.78 is 35.5. The van der Waals surface area contributed by atoms with Crippen LogP contribution in [-0.4, -0.2) is 20.9 Å². The van der Waals surface area contributed by atoms with Crippen molar-refractivity contribution in [3.63, 3.8) is 0 Å². The quantitative estimate of drug-likeness (QED) is 0.583. The summed E-state index contributed by atoms with van der Waals surface area (Å²) in [6.07, 6.45) is -1.48. The minimum atomic E-state index is -3.58. The predicted molar refractivity (Wildman–Crippen MR) is 76.5 cm³/mol. The number of benzene rings is 1. The number of rotatable bonds is 4. The molecule has 0 spiro atoms. The molecule has 17 heavy (non-hydrogen) atoms. The average Bonchev–Trinajstić information content (AvgIpc) is 2.28. The highest BCUT2D eigenvalue weighted by Gasteiger charge is 2.45. The van der Waals surface area contributed by atoms with E-state index in [4.69, 9.17) is 0 Å². The van der Waals surface area contributed by atoms with Crippen LogP contribution in [0.4, 0.5) is 4.39 Å². The minimum Gasteiger partial charge on any atom is -0.385 e. The first-order valence-corrected chi connectivity index (χ1v) is 8.29. The van der Waals surface area contributed by atoms with Gasteiger partial charge in [-0.15, -0.1) is 0 Å². The van der Waals surface area contributed by atoms with E-state index in [1.807, 2.05) is 0 Å². The van der Waals surface area contributed by atoms with Crippen molar-refractivity contribution < 1.29 is 17.9 Å². The molecule has 0 fully saturated rings. The molecular weight excluding hydrogens is 426 g/mol. The lowest BCUT2D eigenvalue weighted by Crippen LogP contribution is -2.34. The standard InChI is InChI=1S/C10H11BrFIO3S/c1-2-17(15,16)10(11,13)9(14)7-5-3-4-6-8(7)12/h3-6,9,14H,2H2,1H3. The van der Waals surface area contributed by atoms with Gasteiger partial charge >= 0.3 is 0 Å². The van der Waals surface area contributed by atoms with E-state index >= 15 is 0 Å². The van der Waals surface area contributed by atoms with Crippen LogP contribution in [0.1, 0.15) is 18.6 Å². The number of hydrogen-bond donors (Lipinski definition) is 1. The van der Waals surface area contributed by atoms with Crippen LogP contribution in [0.15, 0.2) is 24.3 Å². The Morgan fingerprint density at radius 1 is 1.53 bits per heavy atom. The molecule has 1 aromatic rings. The van der Waals surface area contributed by atoms with Crippen LogP contribution in [0.2, 0.25) is 0 Å². The predicted octanol–water partition coefficient (Wildman–Crippen LogP) is 2.78. The van der Waals surface area contributed by atoms with Crippen LogP contribution < -0.4 is 0 Å². The summed E-state index contributed by atoms with van der Waals surface area (Å²) in [5.74, 6) is -0.779. The van der Waals surface area contributed by atoms with Crippen LogP contribution >= 0.6 is 38.5 Å². The topological polar surface area (TPSA) is 54.4 Å². The molecule has 2 unspecified atom stereocenters. The summed E-state index contributed by atoms with van der Waals surface area (Å²) in [5, 5.41) is 10.0. The molecule has 1 N–H and O–H groups in total. The van der Waals surface area contributed by atoms with E-state index in [2.05, 4.69) is 15.9 Å². The van der Waals surface area contributed by atoms with E-state index in [0.29, 0.717) is 0 Å². The number of hydrogen-bond acceptors (Lipinski definition) is 3. The van der Waals surface area contributed by atoms with Gasteiger partial charge < -0.3 is 5.11 Å². The van der Waals surface area contributed by atoms with Crippen molar-refractivity contribution in [2.75, 3.05) is 5.75 Å². The van der Waals surface area contributed by atoms with E-state index in [1.165, 1.54) is 25.1 Å². The molecule has 0 heterocycles. The van der Waals surface area contributed by atoms with Gasteiger partial charge in [-0.3, -0.25) is 0 Å². The fourth-order valence-electron chi connectivity index (χ4n) is 1.24. The van der Waals surface area contributed by atoms with E-state index in [1.54, 1.807) is 28.7 Å². The lowest BCUT2D eigenvalue weighted by atomic mass is 10.1. The van der Waals surface area contributed by atoms with Crippen molar-refractivity contribution in [1.29, 1.82) is 0 Å². The molecule has 0 saturated carbocycles. The maximum atomic E-state index is 13.5. The van der Waals surface area contributed by atoms with Gasteiger partial charge in [0.15, 0.2) is 9.84 Å². The second-order valence-corrected chi connectivity index (χ2v) is 11.5. The van der Waals surface area contributed by atoms with E-state index in [-0.39, 0.29) is 11.3 Å². The van der Waals surface area contributed by atoms with Crippen LogP contribution in [0.25, 0.3) is 0 Å². The second kappa shape index (κ2) is 5.50. The van der Waals surface area contributed by atoms with Crippen LogP contribution in [-0.2, 0) is 9.84 Å². The molecule has 1 aromatic carbocycles. The lowest BCUT2D eigenvalue weighted by molar-refractivity contribution is 0.186. The van der Waals surface area contributed by atoms with Gasteiger partial charge in [-0.2, -0.15) is 0 Å². The molecule has 0 aliphatic rings. The number of aliphatic hydroxyl groups is 1. The Morgan fingerprint density at radius 3 is 2.53 bits per heavy atom. The largest absolute Gasteiger partial charge is 0.385 e. The van der Waals surface area contributed by atoms with Crippen molar-refractivity contribution in [3.05, 3.63) is 35.6 Å². The summed E-state index contributed by atoms with van der Waals surface area (Å²) in [6.45, 7) is 1.47. The molecular formula is C10H11BrFIO3S. The molecule has 0 aliphatic heterocycles. The normalized spacial score (nSPS) is 17.5. The van der Waals surface area contributed by atoms with Crippen molar-refractivity contribution in [2.24, 2.45) is 0 Å². The molecule has 0 bridgehead atoms. The second-order valence-electron chi connectivity index (χ2n) is 3.39. The number of aliphatic hydroxyl groups excluding tert-OH is 1. The van der Waals surface area contributed by atoms with Crippen molar-refractivity contribution >= 4 is 48.4 Å². The van der Waals surface area contributed by atoms with E-state index in [9.17, 15) is 17.9 Å². The average molecular weight is 437 g/mol. The molecule has 7 heteroatoms. The smallest absolute Gasteiger partial charge is 0.207 e. The third-order valence-electron chi connectivity index (χ3n) is 2.31. The van der Waals surface area contributed by atoms with Crippen LogP contribution in [0.3, 0.4) is 0 Å². The molecule has 1 rings (SSSR count). The summed E-state index contributed by atoms with van der Waals surface area (Å²) >= 11 is 4.56. The maximum Gasteiger partial charge on any atom is 0.207 e. The van der Waals surface area contributed by atoms with Gasteiger partial charge in [-0.1, -0.05) is 41.1 Å². The first-order valence-electron chi connectivity index (χ1n) is 4.76. The fourth-order valence-corrected chi connectivity index (χ4v) is 4.30. The summed E-state index contributed by atoms with van der Waals surface area (Å²) in [5.41, 5.74) is -0.0456. The molecule has 0 aromatic heterocycles. The highest BCUT2D eigenvalue weighted by atomic mass is 127. The Bertz CT molecular complexity index is 504. The molecule has 0 aliphatic carbocycles. The summed E-state index contributed by atoms with van der Waals surface area (Å²) in [6, 6.07) is 5.56. The third-order valence-corrected chi connectivity index (χ3v) is 8.64. The van der Waals surface area contributed by atoms with E-state index < -0.39 is 23.4 Å². The Balaban J connectivity index is 3.23. The number of halogens is 3. The zero-order valence-electron chi connectivity index (χ0n) is 8.90. The Morgan fingerprint density at radius 2 is 2.06 bits per heavy atom. The van der Waals surface area contributed by atoms with Crippen molar-refractivity contribution in [2.45, 2.75) is 14.7 Å². The third kappa shape index (κ3) is 2.99. The SMILES string of the molecule is CCS(=O)(=O)C(Br)(I)C(O)c1ccccc1F. The van der Waals surface area contributed by atoms with Gasteiger partial charge in [0.05, 0.1) is 0 Å². The fraction of sp³-hybridized carbons (Fsp3) is 0.400. The summed E-state index contributed by atoms with van der Waals surface area (Å²) in [7, 11) is -3.58. The lowest BCUT2D eigenvalue weighted by Gasteiger charge is -2.26. The Kier molecular flexibility index (Phi) is 4.96. The Hall–Kier alpha value is 0.270. The molecule has 96 valence electrons. The molecule has 3 nitrogen and oxygen atoms in total. The monoisotopic (exact) mass is 436 g/mol. The maximum absolute atomic E-state index is 13.5. The molecule has 0 saturated heterocycles. The van der Waals surface area contributed by atoms with Gasteiger partial charge in [0.25, 0.3) is 0 Å².